The summed E-state index contributed by atoms with van der Waals surface area (Å²) in [7, 11) is 1.43. The number of benzene rings is 1. The van der Waals surface area contributed by atoms with Gasteiger partial charge in [-0.3, -0.25) is 9.59 Å². The highest BCUT2D eigenvalue weighted by Gasteiger charge is 2.55. The van der Waals surface area contributed by atoms with Crippen molar-refractivity contribution in [3.8, 4) is 5.75 Å². The summed E-state index contributed by atoms with van der Waals surface area (Å²) in [6.07, 6.45) is 7.25. The molecular weight excluding hydrogens is 411 g/mol. The molecule has 0 radical (unpaired) electrons. The van der Waals surface area contributed by atoms with Crippen molar-refractivity contribution in [2.75, 3.05) is 7.11 Å². The zero-order valence-corrected chi connectivity index (χ0v) is 18.7. The van der Waals surface area contributed by atoms with Crippen molar-refractivity contribution in [3.63, 3.8) is 0 Å². The van der Waals surface area contributed by atoms with Crippen LogP contribution in [-0.4, -0.2) is 41.2 Å². The number of nitrogens with one attached hydrogen (secondary N) is 2. The third-order valence-corrected chi connectivity index (χ3v) is 8.39. The SMILES string of the molecule is COc1cc(C[C@@]2(CCC(=O)NC3[C@@H]4CC5C[C@H]3CC(O)(C5)C4)CCC(=O)N2)ccc1F. The molecule has 7 heteroatoms. The summed E-state index contributed by atoms with van der Waals surface area (Å²) < 4.78 is 18.9. The molecule has 5 aliphatic rings. The van der Waals surface area contributed by atoms with Crippen molar-refractivity contribution < 1.29 is 23.8 Å². The van der Waals surface area contributed by atoms with Crippen molar-refractivity contribution >= 4 is 11.8 Å². The quantitative estimate of drug-likeness (QED) is 0.604. The number of carbonyl (C=O) groups excluding carboxylic acids is 2. The molecule has 1 aromatic carbocycles. The second-order valence-electron chi connectivity index (χ2n) is 10.8. The molecule has 3 unspecified atom stereocenters. The molecule has 5 fully saturated rings. The van der Waals surface area contributed by atoms with E-state index in [0.29, 0.717) is 49.9 Å². The van der Waals surface area contributed by atoms with E-state index in [-0.39, 0.29) is 23.6 Å². The number of aliphatic hydroxyl groups is 1. The molecule has 2 amide bonds. The summed E-state index contributed by atoms with van der Waals surface area (Å²) in [5.74, 6) is 1.14. The van der Waals surface area contributed by atoms with Gasteiger partial charge in [-0.1, -0.05) is 6.07 Å². The minimum Gasteiger partial charge on any atom is -0.494 e. The van der Waals surface area contributed by atoms with E-state index in [2.05, 4.69) is 10.6 Å². The number of amides is 2. The monoisotopic (exact) mass is 444 g/mol. The Bertz CT molecular complexity index is 905. The van der Waals surface area contributed by atoms with E-state index in [0.717, 1.165) is 37.7 Å². The van der Waals surface area contributed by atoms with E-state index in [1.54, 1.807) is 12.1 Å². The zero-order valence-electron chi connectivity index (χ0n) is 18.7. The van der Waals surface area contributed by atoms with Crippen LogP contribution in [0.1, 0.15) is 63.4 Å². The van der Waals surface area contributed by atoms with E-state index >= 15 is 0 Å². The van der Waals surface area contributed by atoms with Crippen LogP contribution < -0.4 is 15.4 Å². The Balaban J connectivity index is 1.23. The summed E-state index contributed by atoms with van der Waals surface area (Å²) in [5, 5.41) is 17.2. The first-order valence-corrected chi connectivity index (χ1v) is 11.9. The summed E-state index contributed by atoms with van der Waals surface area (Å²) in [6, 6.07) is 4.92. The smallest absolute Gasteiger partial charge is 0.220 e. The Labute approximate surface area is 188 Å². The fraction of sp³-hybridized carbons (Fsp3) is 0.680. The average Bonchev–Trinajstić information content (AvgIpc) is 3.10. The third kappa shape index (κ3) is 4.12. The highest BCUT2D eigenvalue weighted by atomic mass is 19.1. The number of halogens is 1. The fourth-order valence-electron chi connectivity index (χ4n) is 7.21. The van der Waals surface area contributed by atoms with Crippen molar-refractivity contribution in [3.05, 3.63) is 29.6 Å². The standard InChI is InChI=1S/C25H33FN2O4/c1-32-20-10-15(2-3-19(20)26)11-24(7-5-22(30)28-24)6-4-21(29)27-23-17-8-16-9-18(23)14-25(31,12-16)13-17/h2-3,10,16-18,23,31H,4-9,11-14H2,1H3,(H,27,29)(H,28,30)/t16?,17-,18+,23?,24-,25?/m1/s1. The molecule has 0 aromatic heterocycles. The minimum absolute atomic E-state index is 0.00577. The van der Waals surface area contributed by atoms with Crippen LogP contribution in [0.25, 0.3) is 0 Å². The summed E-state index contributed by atoms with van der Waals surface area (Å²) in [4.78, 5) is 25.0. The topological polar surface area (TPSA) is 87.7 Å². The van der Waals surface area contributed by atoms with Gasteiger partial charge >= 0.3 is 0 Å². The summed E-state index contributed by atoms with van der Waals surface area (Å²) >= 11 is 0. The zero-order chi connectivity index (χ0) is 22.5. The van der Waals surface area contributed by atoms with Crippen molar-refractivity contribution in [1.82, 2.24) is 10.6 Å². The van der Waals surface area contributed by atoms with E-state index in [1.807, 2.05) is 0 Å². The normalized spacial score (nSPS) is 37.4. The van der Waals surface area contributed by atoms with Gasteiger partial charge in [0.05, 0.1) is 12.7 Å². The fourth-order valence-corrected chi connectivity index (χ4v) is 7.21. The molecule has 1 aliphatic heterocycles. The highest BCUT2D eigenvalue weighted by Crippen LogP contribution is 2.55. The Morgan fingerprint density at radius 1 is 1.28 bits per heavy atom. The lowest BCUT2D eigenvalue weighted by Gasteiger charge is -2.58. The van der Waals surface area contributed by atoms with Crippen LogP contribution in [0.5, 0.6) is 5.75 Å². The van der Waals surface area contributed by atoms with Crippen LogP contribution >= 0.6 is 0 Å². The van der Waals surface area contributed by atoms with E-state index in [4.69, 9.17) is 4.74 Å². The summed E-state index contributed by atoms with van der Waals surface area (Å²) in [5.41, 5.74) is -0.136. The minimum atomic E-state index is -0.508. The lowest BCUT2D eigenvalue weighted by atomic mass is 9.52. The largest absolute Gasteiger partial charge is 0.494 e. The van der Waals surface area contributed by atoms with Gasteiger partial charge in [-0.2, -0.15) is 0 Å². The Hall–Kier alpha value is -2.15. The molecule has 1 heterocycles. The number of ether oxygens (including phenoxy) is 1. The number of carbonyl (C=O) groups is 2. The number of hydrogen-bond acceptors (Lipinski definition) is 4. The number of methoxy groups -OCH3 is 1. The first kappa shape index (κ1) is 21.7. The summed E-state index contributed by atoms with van der Waals surface area (Å²) in [6.45, 7) is 0. The van der Waals surface area contributed by atoms with Gasteiger partial charge in [0.1, 0.15) is 0 Å². The maximum Gasteiger partial charge on any atom is 0.220 e. The highest BCUT2D eigenvalue weighted by molar-refractivity contribution is 5.80. The molecule has 1 aromatic rings. The van der Waals surface area contributed by atoms with Crippen molar-refractivity contribution in [2.24, 2.45) is 17.8 Å². The second-order valence-corrected chi connectivity index (χ2v) is 10.8. The van der Waals surface area contributed by atoms with Crippen LogP contribution in [0, 0.1) is 23.6 Å². The molecule has 32 heavy (non-hydrogen) atoms. The molecule has 4 saturated carbocycles. The second kappa shape index (κ2) is 8.01. The van der Waals surface area contributed by atoms with Gasteiger partial charge in [-0.05, 0) is 86.8 Å². The molecule has 3 N–H and O–H groups in total. The number of hydrogen-bond donors (Lipinski definition) is 3. The van der Waals surface area contributed by atoms with Gasteiger partial charge in [0, 0.05) is 24.4 Å². The molecular formula is C25H33FN2O4. The predicted octanol–water partition coefficient (Wildman–Crippen LogP) is 2.86. The predicted molar refractivity (Wildman–Crippen MR) is 116 cm³/mol. The molecule has 1 saturated heterocycles. The van der Waals surface area contributed by atoms with Crippen LogP contribution in [0.2, 0.25) is 0 Å². The average molecular weight is 445 g/mol. The van der Waals surface area contributed by atoms with Crippen molar-refractivity contribution in [1.29, 1.82) is 0 Å². The molecule has 4 aliphatic carbocycles. The lowest BCUT2D eigenvalue weighted by Crippen LogP contribution is -2.61. The molecule has 6 nitrogen and oxygen atoms in total. The van der Waals surface area contributed by atoms with E-state index in [1.165, 1.54) is 13.2 Å². The van der Waals surface area contributed by atoms with Crippen LogP contribution in [0.3, 0.4) is 0 Å². The molecule has 6 atom stereocenters. The maximum absolute atomic E-state index is 13.8. The maximum atomic E-state index is 13.8. The third-order valence-electron chi connectivity index (χ3n) is 8.39. The van der Waals surface area contributed by atoms with Crippen molar-refractivity contribution in [2.45, 2.75) is 81.4 Å². The van der Waals surface area contributed by atoms with Gasteiger partial charge in [0.15, 0.2) is 11.6 Å². The Kier molecular flexibility index (Phi) is 5.43. The first-order chi connectivity index (χ1) is 15.3. The lowest BCUT2D eigenvalue weighted by molar-refractivity contribution is -0.146. The van der Waals surface area contributed by atoms with Crippen LogP contribution in [0.15, 0.2) is 18.2 Å². The van der Waals surface area contributed by atoms with Gasteiger partial charge in [-0.25, -0.2) is 4.39 Å². The van der Waals surface area contributed by atoms with Gasteiger partial charge in [0.25, 0.3) is 0 Å². The van der Waals surface area contributed by atoms with Gasteiger partial charge < -0.3 is 20.5 Å². The number of rotatable bonds is 7. The molecule has 6 rings (SSSR count). The van der Waals surface area contributed by atoms with Gasteiger partial charge in [0.2, 0.25) is 11.8 Å². The molecule has 0 spiro atoms. The first-order valence-electron chi connectivity index (χ1n) is 11.9. The van der Waals surface area contributed by atoms with E-state index in [9.17, 15) is 19.1 Å². The van der Waals surface area contributed by atoms with E-state index < -0.39 is 17.0 Å². The van der Waals surface area contributed by atoms with Crippen LogP contribution in [0.4, 0.5) is 4.39 Å². The molecule has 4 bridgehead atoms. The van der Waals surface area contributed by atoms with Crippen LogP contribution in [-0.2, 0) is 16.0 Å². The Morgan fingerprint density at radius 3 is 2.66 bits per heavy atom. The van der Waals surface area contributed by atoms with Gasteiger partial charge in [-0.15, -0.1) is 0 Å². The Morgan fingerprint density at radius 2 is 2.03 bits per heavy atom. The molecule has 174 valence electrons.